The maximum absolute atomic E-state index is 12.5. The first-order valence-electron chi connectivity index (χ1n) is 10.4. The minimum absolute atomic E-state index is 0.155. The van der Waals surface area contributed by atoms with E-state index in [9.17, 15) is 4.79 Å². The largest absolute Gasteiger partial charge is 0.489 e. The van der Waals surface area contributed by atoms with Crippen molar-refractivity contribution in [3.05, 3.63) is 81.1 Å². The van der Waals surface area contributed by atoms with Crippen LogP contribution in [0.5, 0.6) is 5.75 Å². The molecule has 2 heterocycles. The summed E-state index contributed by atoms with van der Waals surface area (Å²) >= 11 is 5.07. The number of thioether (sulfide) groups is 1. The Bertz CT molecular complexity index is 1100. The fourth-order valence-electron chi connectivity index (χ4n) is 3.27. The van der Waals surface area contributed by atoms with E-state index in [0.717, 1.165) is 27.9 Å². The molecule has 2 aromatic carbocycles. The number of hydrogen-bond donors (Lipinski definition) is 2. The fraction of sp³-hybridized carbons (Fsp3) is 0.273. The molecule has 4 rings (SSSR count). The highest BCUT2D eigenvalue weighted by Gasteiger charge is 2.24. The predicted octanol–water partition coefficient (Wildman–Crippen LogP) is 3.44. The van der Waals surface area contributed by atoms with E-state index in [-0.39, 0.29) is 12.5 Å². The minimum atomic E-state index is -0.155. The maximum Gasteiger partial charge on any atom is 0.259 e. The number of nitrogens with one attached hydrogen (secondary N) is 2. The molecule has 1 aliphatic rings. The third kappa shape index (κ3) is 6.34. The summed E-state index contributed by atoms with van der Waals surface area (Å²) in [5.41, 5.74) is 2.18. The van der Waals surface area contributed by atoms with E-state index >= 15 is 0 Å². The zero-order valence-corrected chi connectivity index (χ0v) is 20.5. The molecule has 0 atom stereocenters. The lowest BCUT2D eigenvalue weighted by atomic mass is 10.2. The van der Waals surface area contributed by atoms with Crippen LogP contribution in [0.25, 0.3) is 0 Å². The summed E-state index contributed by atoms with van der Waals surface area (Å²) in [6, 6.07) is 16.2. The molecule has 0 fully saturated rings. The number of nitrogens with zero attached hydrogens (tertiary/aromatic N) is 5. The van der Waals surface area contributed by atoms with Crippen LogP contribution < -0.4 is 10.1 Å². The molecule has 0 saturated carbocycles. The van der Waals surface area contributed by atoms with E-state index in [1.807, 2.05) is 48.7 Å². The molecule has 172 valence electrons. The summed E-state index contributed by atoms with van der Waals surface area (Å²) in [4.78, 5) is 13.2. The number of carbonyl (C=O) groups is 1. The topological polar surface area (TPSA) is 99.3 Å². The van der Waals surface area contributed by atoms with Gasteiger partial charge in [-0.15, -0.1) is 10.2 Å². The Morgan fingerprint density at radius 2 is 2.15 bits per heavy atom. The first kappa shape index (κ1) is 23.3. The Labute approximate surface area is 204 Å². The van der Waals surface area contributed by atoms with Crippen LogP contribution in [0, 0.1) is 0 Å². The van der Waals surface area contributed by atoms with Gasteiger partial charge in [-0.1, -0.05) is 70.2 Å². The quantitative estimate of drug-likeness (QED) is 0.412. The Morgan fingerprint density at radius 1 is 1.30 bits per heavy atom. The monoisotopic (exact) mass is 529 g/mol. The zero-order valence-electron chi connectivity index (χ0n) is 18.1. The van der Waals surface area contributed by atoms with Crippen molar-refractivity contribution in [2.24, 2.45) is 0 Å². The lowest BCUT2D eigenvalue weighted by Gasteiger charge is -2.30. The normalized spacial score (nSPS) is 13.3. The van der Waals surface area contributed by atoms with Crippen LogP contribution >= 0.6 is 27.7 Å². The highest BCUT2D eigenvalue weighted by Crippen LogP contribution is 2.30. The SMILES string of the molecule is CCN(Cc1cc(Br)ccc1OCc1ccccc1)N1C=C(C(=O)NCc2nn[nH]n2)SC1. The molecule has 0 unspecified atom stereocenters. The summed E-state index contributed by atoms with van der Waals surface area (Å²) in [5.74, 6) is 1.79. The number of hydrazine groups is 1. The second kappa shape index (κ2) is 11.3. The number of rotatable bonds is 10. The van der Waals surface area contributed by atoms with Crippen LogP contribution in [0.4, 0.5) is 0 Å². The van der Waals surface area contributed by atoms with Gasteiger partial charge >= 0.3 is 0 Å². The van der Waals surface area contributed by atoms with Crippen molar-refractivity contribution in [3.63, 3.8) is 0 Å². The van der Waals surface area contributed by atoms with Gasteiger partial charge in [-0.25, -0.2) is 5.01 Å². The van der Waals surface area contributed by atoms with Gasteiger partial charge in [0, 0.05) is 29.3 Å². The number of halogens is 1. The summed E-state index contributed by atoms with van der Waals surface area (Å²) in [7, 11) is 0. The van der Waals surface area contributed by atoms with Gasteiger partial charge < -0.3 is 15.1 Å². The van der Waals surface area contributed by atoms with Crippen LogP contribution in [0.15, 0.2) is 64.1 Å². The van der Waals surface area contributed by atoms with Crippen LogP contribution in [0.2, 0.25) is 0 Å². The molecule has 33 heavy (non-hydrogen) atoms. The average molecular weight is 530 g/mol. The molecule has 1 aromatic heterocycles. The second-order valence-electron chi connectivity index (χ2n) is 7.22. The predicted molar refractivity (Wildman–Crippen MR) is 129 cm³/mol. The molecule has 0 saturated heterocycles. The number of aromatic amines is 1. The first-order valence-corrected chi connectivity index (χ1v) is 12.2. The number of aromatic nitrogens is 4. The van der Waals surface area contributed by atoms with E-state index in [0.29, 0.717) is 29.8 Å². The van der Waals surface area contributed by atoms with Gasteiger partial charge in [0.2, 0.25) is 0 Å². The molecular weight excluding hydrogens is 506 g/mol. The number of benzene rings is 2. The van der Waals surface area contributed by atoms with E-state index in [2.05, 4.69) is 64.9 Å². The summed E-state index contributed by atoms with van der Waals surface area (Å²) in [5, 5.41) is 20.6. The summed E-state index contributed by atoms with van der Waals surface area (Å²) in [6.07, 6.45) is 1.88. The molecule has 0 radical (unpaired) electrons. The van der Waals surface area contributed by atoms with Crippen molar-refractivity contribution in [3.8, 4) is 5.75 Å². The van der Waals surface area contributed by atoms with Crippen molar-refractivity contribution < 1.29 is 9.53 Å². The minimum Gasteiger partial charge on any atom is -0.489 e. The Kier molecular flexibility index (Phi) is 7.97. The molecule has 3 aromatic rings. The van der Waals surface area contributed by atoms with Crippen LogP contribution in [-0.4, -0.2) is 49.0 Å². The van der Waals surface area contributed by atoms with E-state index in [4.69, 9.17) is 4.74 Å². The number of tetrazole rings is 1. The average Bonchev–Trinajstić information content (AvgIpc) is 3.54. The van der Waals surface area contributed by atoms with Gasteiger partial charge in [0.25, 0.3) is 5.91 Å². The highest BCUT2D eigenvalue weighted by molar-refractivity contribution is 9.10. The van der Waals surface area contributed by atoms with Crippen LogP contribution in [-0.2, 0) is 24.5 Å². The van der Waals surface area contributed by atoms with Gasteiger partial charge in [-0.05, 0) is 23.8 Å². The number of carbonyl (C=O) groups excluding carboxylic acids is 1. The molecule has 0 bridgehead atoms. The molecule has 9 nitrogen and oxygen atoms in total. The third-order valence-electron chi connectivity index (χ3n) is 4.98. The van der Waals surface area contributed by atoms with E-state index < -0.39 is 0 Å². The molecular formula is C22H24BrN7O2S. The molecule has 1 aliphatic heterocycles. The van der Waals surface area contributed by atoms with Crippen molar-refractivity contribution in [2.75, 3.05) is 12.4 Å². The van der Waals surface area contributed by atoms with Crippen LogP contribution in [0.3, 0.4) is 0 Å². The van der Waals surface area contributed by atoms with Crippen molar-refractivity contribution in [1.29, 1.82) is 0 Å². The molecule has 0 spiro atoms. The molecule has 1 amide bonds. The number of ether oxygens (including phenoxy) is 1. The molecule has 0 aliphatic carbocycles. The van der Waals surface area contributed by atoms with Gasteiger partial charge in [0.1, 0.15) is 12.4 Å². The van der Waals surface area contributed by atoms with E-state index in [1.165, 1.54) is 11.8 Å². The Hall–Kier alpha value is -2.89. The first-order chi connectivity index (χ1) is 16.1. The zero-order chi connectivity index (χ0) is 23.0. The smallest absolute Gasteiger partial charge is 0.259 e. The fourth-order valence-corrected chi connectivity index (χ4v) is 4.58. The van der Waals surface area contributed by atoms with Gasteiger partial charge in [-0.3, -0.25) is 4.79 Å². The van der Waals surface area contributed by atoms with Gasteiger partial charge in [0.15, 0.2) is 5.82 Å². The summed E-state index contributed by atoms with van der Waals surface area (Å²) in [6.45, 7) is 4.25. The van der Waals surface area contributed by atoms with Gasteiger partial charge in [0.05, 0.1) is 17.3 Å². The van der Waals surface area contributed by atoms with Crippen molar-refractivity contribution in [2.45, 2.75) is 26.6 Å². The Morgan fingerprint density at radius 3 is 2.91 bits per heavy atom. The lowest BCUT2D eigenvalue weighted by molar-refractivity contribution is -0.117. The number of amides is 1. The number of hydrogen-bond acceptors (Lipinski definition) is 8. The molecule has 2 N–H and O–H groups in total. The maximum atomic E-state index is 12.5. The third-order valence-corrected chi connectivity index (χ3v) is 6.47. The van der Waals surface area contributed by atoms with Crippen LogP contribution in [0.1, 0.15) is 23.9 Å². The van der Waals surface area contributed by atoms with Crippen molar-refractivity contribution in [1.82, 2.24) is 36.0 Å². The Balaban J connectivity index is 1.41. The standard InChI is InChI=1S/C22H24BrN7O2S/c1-2-29(30-13-20(33-15-30)22(31)24-11-21-25-27-28-26-21)12-17-10-18(23)8-9-19(17)32-14-16-6-4-3-5-7-16/h3-10,13H,2,11-12,14-15H2,1H3,(H,24,31)(H,25,26,27,28). The van der Waals surface area contributed by atoms with Crippen molar-refractivity contribution >= 4 is 33.6 Å². The lowest BCUT2D eigenvalue weighted by Crippen LogP contribution is -2.36. The second-order valence-corrected chi connectivity index (χ2v) is 9.13. The van der Waals surface area contributed by atoms with E-state index in [1.54, 1.807) is 0 Å². The highest BCUT2D eigenvalue weighted by atomic mass is 79.9. The number of H-pyrrole nitrogens is 1. The summed E-state index contributed by atoms with van der Waals surface area (Å²) < 4.78 is 7.14. The molecule has 11 heteroatoms. The van der Waals surface area contributed by atoms with Gasteiger partial charge in [-0.2, -0.15) is 5.21 Å².